The summed E-state index contributed by atoms with van der Waals surface area (Å²) in [6.07, 6.45) is 2.52. The highest BCUT2D eigenvalue weighted by atomic mass is 32.2. The van der Waals surface area contributed by atoms with Crippen LogP contribution in [0.2, 0.25) is 0 Å². The molecule has 0 fully saturated rings. The van der Waals surface area contributed by atoms with E-state index in [1.165, 1.54) is 4.90 Å². The van der Waals surface area contributed by atoms with Crippen LogP contribution in [0.15, 0.2) is 65.6 Å². The average molecular weight is 285 g/mol. The Balaban J connectivity index is 1.82. The van der Waals surface area contributed by atoms with Gasteiger partial charge >= 0.3 is 0 Å². The second kappa shape index (κ2) is 7.75. The number of benzene rings is 2. The summed E-state index contributed by atoms with van der Waals surface area (Å²) < 4.78 is 1.03. The third-order valence-electron chi connectivity index (χ3n) is 2.90. The van der Waals surface area contributed by atoms with Crippen LogP contribution < -0.4 is 0 Å². The molecule has 0 bridgehead atoms. The van der Waals surface area contributed by atoms with Crippen LogP contribution in [0.1, 0.15) is 18.9 Å². The van der Waals surface area contributed by atoms with Gasteiger partial charge in [0.05, 0.1) is 0 Å². The van der Waals surface area contributed by atoms with E-state index >= 15 is 0 Å². The second-order valence-electron chi connectivity index (χ2n) is 4.72. The van der Waals surface area contributed by atoms with Crippen LogP contribution in [0.25, 0.3) is 0 Å². The van der Waals surface area contributed by atoms with Crippen molar-refractivity contribution in [3.63, 3.8) is 0 Å². The molecule has 0 aliphatic carbocycles. The van der Waals surface area contributed by atoms with Crippen molar-refractivity contribution in [1.82, 2.24) is 0 Å². The van der Waals surface area contributed by atoms with E-state index in [4.69, 9.17) is 0 Å². The topological polar surface area (TPSA) is 26.1 Å². The van der Waals surface area contributed by atoms with Crippen molar-refractivity contribution in [3.05, 3.63) is 71.4 Å². The Morgan fingerprint density at radius 2 is 1.65 bits per heavy atom. The number of hydrogen-bond acceptors (Lipinski definition) is 2. The fourth-order valence-electron chi connectivity index (χ4n) is 1.87. The first-order valence-electron chi connectivity index (χ1n) is 6.77. The van der Waals surface area contributed by atoms with Gasteiger partial charge in [0.1, 0.15) is 0 Å². The van der Waals surface area contributed by atoms with Gasteiger partial charge in [-0.25, -0.2) is 4.74 Å². The Hall–Kier alpha value is -1.74. The minimum absolute atomic E-state index is 0.393. The Labute approximate surface area is 124 Å². The molecule has 0 spiro atoms. The predicted molar refractivity (Wildman–Crippen MR) is 86.2 cm³/mol. The van der Waals surface area contributed by atoms with Crippen molar-refractivity contribution in [2.45, 2.75) is 30.0 Å². The van der Waals surface area contributed by atoms with Gasteiger partial charge in [-0.2, -0.15) is 0 Å². The molecular weight excluding hydrogens is 266 g/mol. The molecule has 2 aromatic rings. The maximum atomic E-state index is 11.8. The van der Waals surface area contributed by atoms with Gasteiger partial charge in [-0.1, -0.05) is 55.5 Å². The van der Waals surface area contributed by atoms with Gasteiger partial charge in [0.15, 0.2) is 12.8 Å². The van der Waals surface area contributed by atoms with Crippen molar-refractivity contribution in [3.8, 4) is 0 Å². The molecule has 0 aliphatic rings. The van der Waals surface area contributed by atoms with E-state index in [1.54, 1.807) is 18.0 Å². The van der Waals surface area contributed by atoms with Crippen molar-refractivity contribution in [2.75, 3.05) is 0 Å². The third-order valence-corrected chi connectivity index (χ3v) is 4.04. The van der Waals surface area contributed by atoms with Crippen molar-refractivity contribution in [2.24, 2.45) is 0 Å². The highest BCUT2D eigenvalue weighted by Crippen LogP contribution is 2.23. The zero-order valence-corrected chi connectivity index (χ0v) is 12.4. The lowest BCUT2D eigenvalue weighted by Crippen LogP contribution is -2.08. The summed E-state index contributed by atoms with van der Waals surface area (Å²) in [6.45, 7) is 2.56. The van der Waals surface area contributed by atoms with Gasteiger partial charge in [-0.15, -0.1) is 11.8 Å². The van der Waals surface area contributed by atoms with Crippen LogP contribution in [0.3, 0.4) is 0 Å². The summed E-state index contributed by atoms with van der Waals surface area (Å²) in [5.74, 6) is 0. The quantitative estimate of drug-likeness (QED) is 0.259. The Bertz CT molecular complexity index is 539. The Morgan fingerprint density at radius 3 is 2.30 bits per heavy atom. The van der Waals surface area contributed by atoms with Crippen molar-refractivity contribution in [1.29, 1.82) is 0 Å². The monoisotopic (exact) mass is 285 g/mol. The van der Waals surface area contributed by atoms with E-state index in [9.17, 15) is 5.21 Å². The standard InChI is InChI=1S/C17H19NOS/c1-15(20-17-10-6-3-7-11-17)12-13-18(19)14-16-8-4-2-5-9-16/h2-11,13,15H,12,14H2,1H3. The number of rotatable bonds is 6. The number of hydrogen-bond donors (Lipinski definition) is 0. The first-order valence-corrected chi connectivity index (χ1v) is 7.65. The molecule has 3 heteroatoms. The van der Waals surface area contributed by atoms with Crippen LogP contribution in [0.5, 0.6) is 0 Å². The fourth-order valence-corrected chi connectivity index (χ4v) is 2.83. The summed E-state index contributed by atoms with van der Waals surface area (Å²) in [5, 5.41) is 12.2. The third kappa shape index (κ3) is 5.10. The van der Waals surface area contributed by atoms with E-state index in [-0.39, 0.29) is 0 Å². The average Bonchev–Trinajstić information content (AvgIpc) is 2.47. The molecule has 20 heavy (non-hydrogen) atoms. The summed E-state index contributed by atoms with van der Waals surface area (Å²) in [5.41, 5.74) is 1.04. The predicted octanol–water partition coefficient (Wildman–Crippen LogP) is 4.34. The van der Waals surface area contributed by atoms with Gasteiger partial charge in [0.2, 0.25) is 0 Å². The van der Waals surface area contributed by atoms with Gasteiger partial charge in [0, 0.05) is 22.1 Å². The van der Waals surface area contributed by atoms with E-state index in [0.717, 1.165) is 16.7 Å². The summed E-state index contributed by atoms with van der Waals surface area (Å²) in [7, 11) is 0. The molecule has 2 aromatic carbocycles. The lowest BCUT2D eigenvalue weighted by Gasteiger charge is -2.09. The molecule has 0 saturated heterocycles. The first-order chi connectivity index (χ1) is 9.74. The zero-order valence-electron chi connectivity index (χ0n) is 11.6. The largest absolute Gasteiger partial charge is 0.624 e. The Morgan fingerprint density at radius 1 is 1.05 bits per heavy atom. The molecule has 0 radical (unpaired) electrons. The van der Waals surface area contributed by atoms with Crippen molar-refractivity contribution >= 4 is 18.0 Å². The SMILES string of the molecule is CC(CC=[N+]([O-])Cc1ccccc1)Sc1ccccc1. The maximum absolute atomic E-state index is 11.8. The van der Waals surface area contributed by atoms with E-state index < -0.39 is 0 Å². The molecule has 2 rings (SSSR count). The normalized spacial score (nSPS) is 13.2. The van der Waals surface area contributed by atoms with Gasteiger partial charge < -0.3 is 5.21 Å². The number of hydroxylamine groups is 1. The molecule has 0 saturated carbocycles. The minimum Gasteiger partial charge on any atom is -0.624 e. The van der Waals surface area contributed by atoms with Crippen LogP contribution >= 0.6 is 11.8 Å². The summed E-state index contributed by atoms with van der Waals surface area (Å²) in [6, 6.07) is 20.1. The maximum Gasteiger partial charge on any atom is 0.178 e. The summed E-state index contributed by atoms with van der Waals surface area (Å²) >= 11 is 1.80. The number of nitrogens with zero attached hydrogens (tertiary/aromatic N) is 1. The minimum atomic E-state index is 0.393. The fraction of sp³-hybridized carbons (Fsp3) is 0.235. The van der Waals surface area contributed by atoms with Gasteiger partial charge in [0.25, 0.3) is 0 Å². The van der Waals surface area contributed by atoms with Crippen LogP contribution in [-0.4, -0.2) is 16.2 Å². The molecule has 0 aliphatic heterocycles. The van der Waals surface area contributed by atoms with Crippen LogP contribution in [-0.2, 0) is 6.54 Å². The van der Waals surface area contributed by atoms with Gasteiger partial charge in [-0.3, -0.25) is 0 Å². The van der Waals surface area contributed by atoms with Crippen molar-refractivity contribution < 1.29 is 4.74 Å². The lowest BCUT2D eigenvalue weighted by molar-refractivity contribution is -0.471. The van der Waals surface area contributed by atoms with Gasteiger partial charge in [-0.05, 0) is 12.1 Å². The van der Waals surface area contributed by atoms with E-state index in [1.807, 2.05) is 48.5 Å². The molecule has 104 valence electrons. The van der Waals surface area contributed by atoms with E-state index in [2.05, 4.69) is 19.1 Å². The smallest absolute Gasteiger partial charge is 0.178 e. The molecule has 2 nitrogen and oxygen atoms in total. The molecular formula is C17H19NOS. The highest BCUT2D eigenvalue weighted by molar-refractivity contribution is 8.00. The lowest BCUT2D eigenvalue weighted by atomic mass is 10.2. The molecule has 0 heterocycles. The number of thioether (sulfide) groups is 1. The first kappa shape index (κ1) is 14.7. The van der Waals surface area contributed by atoms with Crippen LogP contribution in [0, 0.1) is 5.21 Å². The highest BCUT2D eigenvalue weighted by Gasteiger charge is 2.05. The molecule has 0 amide bonds. The zero-order chi connectivity index (χ0) is 14.2. The summed E-state index contributed by atoms with van der Waals surface area (Å²) in [4.78, 5) is 1.24. The molecule has 1 atom stereocenters. The molecule has 1 unspecified atom stereocenters. The van der Waals surface area contributed by atoms with Crippen LogP contribution in [0.4, 0.5) is 0 Å². The Kier molecular flexibility index (Phi) is 5.69. The van der Waals surface area contributed by atoms with E-state index in [0.29, 0.717) is 11.8 Å². The molecule has 0 N–H and O–H groups in total. The second-order valence-corrected chi connectivity index (χ2v) is 6.23. The molecule has 0 aromatic heterocycles.